The van der Waals surface area contributed by atoms with E-state index >= 15 is 0 Å². The average Bonchev–Trinajstić information content (AvgIpc) is 1.65. The summed E-state index contributed by atoms with van der Waals surface area (Å²) in [5.41, 5.74) is 0. The standard InChI is InChI=1S/C3H6BrNO3/c1-3(2-4)8-5(6)7/h3H,2H2,1H3. The van der Waals surface area contributed by atoms with Gasteiger partial charge in [0.15, 0.2) is 0 Å². The SMILES string of the molecule is CC(CBr)O[N+](=O)[O-]. The number of hydrogen-bond donors (Lipinski definition) is 0. The molecule has 0 bridgehead atoms. The highest BCUT2D eigenvalue weighted by Gasteiger charge is 2.02. The Morgan fingerprint density at radius 1 is 2.00 bits per heavy atom. The van der Waals surface area contributed by atoms with E-state index in [-0.39, 0.29) is 6.10 Å². The first-order valence-electron chi connectivity index (χ1n) is 2.04. The van der Waals surface area contributed by atoms with Gasteiger partial charge in [0.1, 0.15) is 6.10 Å². The Hall–Kier alpha value is -0.320. The molecule has 0 radical (unpaired) electrons. The molecule has 0 amide bonds. The summed E-state index contributed by atoms with van der Waals surface area (Å²) in [6, 6.07) is 0. The fourth-order valence-electron chi connectivity index (χ4n) is 0.175. The molecule has 48 valence electrons. The molecule has 0 fully saturated rings. The van der Waals surface area contributed by atoms with Crippen molar-refractivity contribution >= 4 is 15.9 Å². The van der Waals surface area contributed by atoms with E-state index in [0.29, 0.717) is 5.33 Å². The van der Waals surface area contributed by atoms with Crippen LogP contribution in [0.25, 0.3) is 0 Å². The van der Waals surface area contributed by atoms with Crippen molar-refractivity contribution < 1.29 is 9.92 Å². The lowest BCUT2D eigenvalue weighted by Crippen LogP contribution is -2.13. The first-order chi connectivity index (χ1) is 3.66. The molecule has 1 unspecified atom stereocenters. The maximum atomic E-state index is 9.53. The Morgan fingerprint density at radius 3 is 2.62 bits per heavy atom. The summed E-state index contributed by atoms with van der Waals surface area (Å²) in [6.07, 6.45) is -0.356. The third-order valence-electron chi connectivity index (χ3n) is 0.483. The van der Waals surface area contributed by atoms with Crippen LogP contribution in [0.5, 0.6) is 0 Å². The van der Waals surface area contributed by atoms with Crippen LogP contribution in [0.3, 0.4) is 0 Å². The normalized spacial score (nSPS) is 12.8. The Balaban J connectivity index is 3.24. The molecular weight excluding hydrogens is 178 g/mol. The lowest BCUT2D eigenvalue weighted by Gasteiger charge is -2.01. The van der Waals surface area contributed by atoms with Crippen LogP contribution < -0.4 is 0 Å². The second-order valence-corrected chi connectivity index (χ2v) is 1.94. The van der Waals surface area contributed by atoms with Crippen LogP contribution in [0.4, 0.5) is 0 Å². The summed E-state index contributed by atoms with van der Waals surface area (Å²) in [6.45, 7) is 1.61. The Bertz CT molecular complexity index is 86.6. The maximum absolute atomic E-state index is 9.53. The third-order valence-corrected chi connectivity index (χ3v) is 1.40. The van der Waals surface area contributed by atoms with E-state index in [1.165, 1.54) is 0 Å². The van der Waals surface area contributed by atoms with Gasteiger partial charge in [-0.3, -0.25) is 0 Å². The van der Waals surface area contributed by atoms with Gasteiger partial charge < -0.3 is 4.84 Å². The van der Waals surface area contributed by atoms with Crippen LogP contribution in [0, 0.1) is 10.1 Å². The van der Waals surface area contributed by atoms with Crippen molar-refractivity contribution in [2.45, 2.75) is 13.0 Å². The molecule has 0 N–H and O–H groups in total. The molecule has 0 aromatic heterocycles. The summed E-state index contributed by atoms with van der Waals surface area (Å²) in [5.74, 6) is 0. The zero-order valence-corrected chi connectivity index (χ0v) is 5.92. The summed E-state index contributed by atoms with van der Waals surface area (Å²) in [5, 5.41) is 9.21. The Morgan fingerprint density at radius 2 is 2.50 bits per heavy atom. The van der Waals surface area contributed by atoms with Crippen molar-refractivity contribution in [2.75, 3.05) is 5.33 Å². The molecule has 0 rings (SSSR count). The molecule has 4 nitrogen and oxygen atoms in total. The zero-order valence-electron chi connectivity index (χ0n) is 4.33. The molecule has 5 heteroatoms. The van der Waals surface area contributed by atoms with Gasteiger partial charge in [0.05, 0.1) is 0 Å². The van der Waals surface area contributed by atoms with Gasteiger partial charge in [0.2, 0.25) is 0 Å². The van der Waals surface area contributed by atoms with Gasteiger partial charge in [-0.1, -0.05) is 15.9 Å². The van der Waals surface area contributed by atoms with E-state index in [9.17, 15) is 10.1 Å². The molecule has 0 aromatic rings. The van der Waals surface area contributed by atoms with Gasteiger partial charge in [-0.2, -0.15) is 0 Å². The van der Waals surface area contributed by atoms with E-state index in [1.807, 2.05) is 0 Å². The molecule has 0 saturated heterocycles. The van der Waals surface area contributed by atoms with Crippen LogP contribution >= 0.6 is 15.9 Å². The summed E-state index contributed by atoms with van der Waals surface area (Å²) < 4.78 is 0. The smallest absolute Gasteiger partial charge is 0.294 e. The molecule has 0 aliphatic heterocycles. The Labute approximate surface area is 55.1 Å². The van der Waals surface area contributed by atoms with Crippen LogP contribution in [0.15, 0.2) is 0 Å². The second kappa shape index (κ2) is 3.65. The first kappa shape index (κ1) is 7.68. The topological polar surface area (TPSA) is 52.4 Å². The van der Waals surface area contributed by atoms with E-state index < -0.39 is 5.09 Å². The van der Waals surface area contributed by atoms with Gasteiger partial charge in [-0.15, -0.1) is 10.1 Å². The van der Waals surface area contributed by atoms with Gasteiger partial charge in [-0.25, -0.2) is 0 Å². The van der Waals surface area contributed by atoms with Gasteiger partial charge in [0, 0.05) is 5.33 Å². The summed E-state index contributed by atoms with van der Waals surface area (Å²) >= 11 is 3.01. The first-order valence-corrected chi connectivity index (χ1v) is 3.16. The second-order valence-electron chi connectivity index (χ2n) is 1.29. The van der Waals surface area contributed by atoms with Crippen LogP contribution in [-0.4, -0.2) is 16.5 Å². The highest BCUT2D eigenvalue weighted by molar-refractivity contribution is 9.09. The summed E-state index contributed by atoms with van der Waals surface area (Å²) in [4.78, 5) is 13.6. The monoisotopic (exact) mass is 183 g/mol. The van der Waals surface area contributed by atoms with Crippen molar-refractivity contribution in [1.29, 1.82) is 0 Å². The molecule has 0 aliphatic carbocycles. The quantitative estimate of drug-likeness (QED) is 0.373. The predicted molar refractivity (Wildman–Crippen MR) is 31.3 cm³/mol. The minimum absolute atomic E-state index is 0.356. The molecule has 8 heavy (non-hydrogen) atoms. The number of alkyl halides is 1. The lowest BCUT2D eigenvalue weighted by atomic mass is 10.5. The van der Waals surface area contributed by atoms with Crippen molar-refractivity contribution in [2.24, 2.45) is 0 Å². The molecule has 1 atom stereocenters. The number of hydrogen-bond acceptors (Lipinski definition) is 3. The third kappa shape index (κ3) is 3.86. The van der Waals surface area contributed by atoms with Crippen LogP contribution in [0.1, 0.15) is 6.92 Å². The molecule has 0 aromatic carbocycles. The molecule has 0 saturated carbocycles. The van der Waals surface area contributed by atoms with E-state index in [1.54, 1.807) is 6.92 Å². The molecular formula is C3H6BrNO3. The van der Waals surface area contributed by atoms with Gasteiger partial charge in [-0.05, 0) is 6.92 Å². The number of nitrogens with zero attached hydrogens (tertiary/aromatic N) is 1. The minimum atomic E-state index is -0.800. The van der Waals surface area contributed by atoms with E-state index in [0.717, 1.165) is 0 Å². The number of halogens is 1. The summed E-state index contributed by atoms with van der Waals surface area (Å²) in [7, 11) is 0. The zero-order chi connectivity index (χ0) is 6.57. The molecule has 0 heterocycles. The fraction of sp³-hybridized carbons (Fsp3) is 1.00. The van der Waals surface area contributed by atoms with E-state index in [2.05, 4.69) is 20.8 Å². The Kier molecular flexibility index (Phi) is 3.51. The van der Waals surface area contributed by atoms with Crippen LogP contribution in [-0.2, 0) is 4.84 Å². The molecule has 0 spiro atoms. The van der Waals surface area contributed by atoms with Gasteiger partial charge in [0.25, 0.3) is 5.09 Å². The largest absolute Gasteiger partial charge is 0.310 e. The van der Waals surface area contributed by atoms with Crippen molar-refractivity contribution in [3.63, 3.8) is 0 Å². The van der Waals surface area contributed by atoms with Crippen LogP contribution in [0.2, 0.25) is 0 Å². The average molecular weight is 184 g/mol. The van der Waals surface area contributed by atoms with Gasteiger partial charge >= 0.3 is 0 Å². The fourth-order valence-corrected chi connectivity index (χ4v) is 0.293. The predicted octanol–water partition coefficient (Wildman–Crippen LogP) is 0.978. The van der Waals surface area contributed by atoms with Crippen molar-refractivity contribution in [1.82, 2.24) is 0 Å². The highest BCUT2D eigenvalue weighted by Crippen LogP contribution is 1.94. The lowest BCUT2D eigenvalue weighted by molar-refractivity contribution is -0.766. The number of rotatable bonds is 3. The highest BCUT2D eigenvalue weighted by atomic mass is 79.9. The molecule has 0 aliphatic rings. The minimum Gasteiger partial charge on any atom is -0.310 e. The van der Waals surface area contributed by atoms with E-state index in [4.69, 9.17) is 0 Å². The van der Waals surface area contributed by atoms with Crippen molar-refractivity contribution in [3.05, 3.63) is 10.1 Å². The van der Waals surface area contributed by atoms with Crippen molar-refractivity contribution in [3.8, 4) is 0 Å². The maximum Gasteiger partial charge on any atom is 0.294 e.